The average molecular weight is 292 g/mol. The first-order valence-corrected chi connectivity index (χ1v) is 7.04. The van der Waals surface area contributed by atoms with Crippen LogP contribution < -0.4 is 10.3 Å². The van der Waals surface area contributed by atoms with Gasteiger partial charge in [0.05, 0.1) is 12.8 Å². The smallest absolute Gasteiger partial charge is 0.267 e. The fraction of sp³-hybridized carbons (Fsp3) is 0.111. The minimum Gasteiger partial charge on any atom is -0.496 e. The molecular weight excluding hydrogens is 276 g/mol. The van der Waals surface area contributed by atoms with Crippen LogP contribution in [-0.4, -0.2) is 17.3 Å². The van der Waals surface area contributed by atoms with E-state index in [4.69, 9.17) is 4.74 Å². The van der Waals surface area contributed by atoms with Crippen LogP contribution in [0.15, 0.2) is 65.5 Å². The van der Waals surface area contributed by atoms with Crippen molar-refractivity contribution in [1.29, 1.82) is 0 Å². The summed E-state index contributed by atoms with van der Waals surface area (Å²) in [7, 11) is 1.63. The molecule has 1 aromatic heterocycles. The maximum Gasteiger partial charge on any atom is 0.267 e. The molecule has 0 saturated carbocycles. The number of hydrogen-bond acceptors (Lipinski definition) is 3. The molecule has 0 atom stereocenters. The highest BCUT2D eigenvalue weighted by molar-refractivity contribution is 5.59. The lowest BCUT2D eigenvalue weighted by atomic mass is 10.0. The molecule has 0 unspecified atom stereocenters. The first-order valence-electron chi connectivity index (χ1n) is 7.04. The van der Waals surface area contributed by atoms with Gasteiger partial charge in [-0.2, -0.15) is 5.10 Å². The molecule has 0 fully saturated rings. The van der Waals surface area contributed by atoms with E-state index in [0.29, 0.717) is 12.0 Å². The van der Waals surface area contributed by atoms with Crippen molar-refractivity contribution in [3.05, 3.63) is 82.1 Å². The Bertz CT molecular complexity index is 826. The number of benzene rings is 2. The van der Waals surface area contributed by atoms with Crippen LogP contribution in [0.5, 0.6) is 5.75 Å². The average Bonchev–Trinajstić information content (AvgIpc) is 2.58. The first kappa shape index (κ1) is 14.1. The molecule has 0 spiro atoms. The number of nitrogens with one attached hydrogen (secondary N) is 1. The van der Waals surface area contributed by atoms with Gasteiger partial charge in [0, 0.05) is 17.5 Å². The van der Waals surface area contributed by atoms with E-state index in [9.17, 15) is 4.79 Å². The molecule has 0 aliphatic heterocycles. The number of nitrogens with zero attached hydrogens (tertiary/aromatic N) is 1. The topological polar surface area (TPSA) is 55.0 Å². The Morgan fingerprint density at radius 3 is 2.50 bits per heavy atom. The van der Waals surface area contributed by atoms with Crippen LogP contribution in [0.4, 0.5) is 0 Å². The Morgan fingerprint density at radius 2 is 1.73 bits per heavy atom. The molecule has 3 aromatic rings. The van der Waals surface area contributed by atoms with Crippen LogP contribution in [0.1, 0.15) is 11.1 Å². The number of rotatable bonds is 4. The van der Waals surface area contributed by atoms with Gasteiger partial charge in [0.2, 0.25) is 0 Å². The van der Waals surface area contributed by atoms with Crippen LogP contribution in [0.25, 0.3) is 11.3 Å². The largest absolute Gasteiger partial charge is 0.496 e. The van der Waals surface area contributed by atoms with E-state index >= 15 is 0 Å². The van der Waals surface area contributed by atoms with E-state index in [0.717, 1.165) is 22.6 Å². The zero-order chi connectivity index (χ0) is 15.4. The van der Waals surface area contributed by atoms with Gasteiger partial charge in [0.1, 0.15) is 5.75 Å². The minimum atomic E-state index is -0.175. The molecule has 0 aliphatic rings. The zero-order valence-electron chi connectivity index (χ0n) is 12.2. The second kappa shape index (κ2) is 6.26. The summed E-state index contributed by atoms with van der Waals surface area (Å²) >= 11 is 0. The zero-order valence-corrected chi connectivity index (χ0v) is 12.2. The summed E-state index contributed by atoms with van der Waals surface area (Å²) < 4.78 is 5.34. The summed E-state index contributed by atoms with van der Waals surface area (Å²) in [4.78, 5) is 12.0. The molecule has 0 amide bonds. The summed E-state index contributed by atoms with van der Waals surface area (Å²) in [5.41, 5.74) is 3.19. The third-order valence-corrected chi connectivity index (χ3v) is 3.52. The Balaban J connectivity index is 1.99. The normalized spacial score (nSPS) is 10.4. The van der Waals surface area contributed by atoms with Crippen molar-refractivity contribution >= 4 is 0 Å². The van der Waals surface area contributed by atoms with Crippen LogP contribution in [-0.2, 0) is 6.42 Å². The molecular formula is C18H16N2O2. The molecule has 0 aliphatic carbocycles. The number of ether oxygens (including phenoxy) is 1. The van der Waals surface area contributed by atoms with Gasteiger partial charge in [0.15, 0.2) is 0 Å². The van der Waals surface area contributed by atoms with Crippen molar-refractivity contribution in [2.75, 3.05) is 7.11 Å². The molecule has 0 bridgehead atoms. The summed E-state index contributed by atoms with van der Waals surface area (Å²) in [5.74, 6) is 0.778. The molecule has 0 radical (unpaired) electrons. The highest BCUT2D eigenvalue weighted by atomic mass is 16.5. The SMILES string of the molecule is COc1ccccc1Cc1cc(-c2ccccc2)n[nH]c1=O. The van der Waals surface area contributed by atoms with Gasteiger partial charge in [0.25, 0.3) is 5.56 Å². The van der Waals surface area contributed by atoms with Crippen molar-refractivity contribution in [2.24, 2.45) is 0 Å². The highest BCUT2D eigenvalue weighted by Gasteiger charge is 2.09. The molecule has 4 nitrogen and oxygen atoms in total. The van der Waals surface area contributed by atoms with E-state index < -0.39 is 0 Å². The third-order valence-electron chi connectivity index (χ3n) is 3.52. The predicted octanol–water partition coefficient (Wildman–Crippen LogP) is 3.04. The summed E-state index contributed by atoms with van der Waals surface area (Å²) in [6, 6.07) is 19.3. The van der Waals surface area contributed by atoms with E-state index in [-0.39, 0.29) is 5.56 Å². The van der Waals surface area contributed by atoms with E-state index in [1.54, 1.807) is 7.11 Å². The Labute approximate surface area is 128 Å². The van der Waals surface area contributed by atoms with Crippen LogP contribution in [0.2, 0.25) is 0 Å². The lowest BCUT2D eigenvalue weighted by Gasteiger charge is -2.08. The number of aromatic nitrogens is 2. The second-order valence-corrected chi connectivity index (χ2v) is 4.96. The maximum atomic E-state index is 12.0. The van der Waals surface area contributed by atoms with Crippen molar-refractivity contribution in [2.45, 2.75) is 6.42 Å². The van der Waals surface area contributed by atoms with Gasteiger partial charge in [-0.3, -0.25) is 4.79 Å². The van der Waals surface area contributed by atoms with Crippen LogP contribution in [0.3, 0.4) is 0 Å². The molecule has 1 heterocycles. The monoisotopic (exact) mass is 292 g/mol. The fourth-order valence-electron chi connectivity index (χ4n) is 2.39. The lowest BCUT2D eigenvalue weighted by molar-refractivity contribution is 0.410. The van der Waals surface area contributed by atoms with Gasteiger partial charge in [-0.1, -0.05) is 48.5 Å². The summed E-state index contributed by atoms with van der Waals surface area (Å²) in [6.45, 7) is 0. The molecule has 4 heteroatoms. The van der Waals surface area contributed by atoms with Crippen molar-refractivity contribution in [3.63, 3.8) is 0 Å². The van der Waals surface area contributed by atoms with Gasteiger partial charge < -0.3 is 4.74 Å². The Morgan fingerprint density at radius 1 is 1.00 bits per heavy atom. The van der Waals surface area contributed by atoms with Gasteiger partial charge in [-0.15, -0.1) is 0 Å². The third kappa shape index (κ3) is 2.91. The molecule has 0 saturated heterocycles. The summed E-state index contributed by atoms with van der Waals surface area (Å²) in [5, 5.41) is 6.70. The first-order chi connectivity index (χ1) is 10.8. The maximum absolute atomic E-state index is 12.0. The summed E-state index contributed by atoms with van der Waals surface area (Å²) in [6.07, 6.45) is 0.502. The molecule has 3 rings (SSSR count). The number of aromatic amines is 1. The predicted molar refractivity (Wildman–Crippen MR) is 86.1 cm³/mol. The number of methoxy groups -OCH3 is 1. The van der Waals surface area contributed by atoms with Crippen molar-refractivity contribution < 1.29 is 4.74 Å². The molecule has 22 heavy (non-hydrogen) atoms. The van der Waals surface area contributed by atoms with E-state index in [1.807, 2.05) is 60.7 Å². The number of para-hydroxylation sites is 1. The number of H-pyrrole nitrogens is 1. The van der Waals surface area contributed by atoms with Crippen LogP contribution >= 0.6 is 0 Å². The van der Waals surface area contributed by atoms with Gasteiger partial charge >= 0.3 is 0 Å². The Kier molecular flexibility index (Phi) is 4.01. The molecule has 2 aromatic carbocycles. The quantitative estimate of drug-likeness (QED) is 0.804. The second-order valence-electron chi connectivity index (χ2n) is 4.96. The standard InChI is InChI=1S/C18H16N2O2/c1-22-17-10-6-5-9-14(17)11-15-12-16(19-20-18(15)21)13-7-3-2-4-8-13/h2-10,12H,11H2,1H3,(H,20,21). The highest BCUT2D eigenvalue weighted by Crippen LogP contribution is 2.21. The fourth-order valence-corrected chi connectivity index (χ4v) is 2.39. The van der Waals surface area contributed by atoms with Gasteiger partial charge in [-0.05, 0) is 17.7 Å². The molecule has 1 N–H and O–H groups in total. The minimum absolute atomic E-state index is 0.175. The van der Waals surface area contributed by atoms with Crippen molar-refractivity contribution in [1.82, 2.24) is 10.2 Å². The lowest BCUT2D eigenvalue weighted by Crippen LogP contribution is -2.15. The van der Waals surface area contributed by atoms with E-state index in [1.165, 1.54) is 0 Å². The van der Waals surface area contributed by atoms with Crippen LogP contribution in [0, 0.1) is 0 Å². The van der Waals surface area contributed by atoms with Crippen molar-refractivity contribution in [3.8, 4) is 17.0 Å². The number of hydrogen-bond donors (Lipinski definition) is 1. The van der Waals surface area contributed by atoms with Gasteiger partial charge in [-0.25, -0.2) is 5.10 Å². The Hall–Kier alpha value is -2.88. The van der Waals surface area contributed by atoms with E-state index in [2.05, 4.69) is 10.2 Å². The molecule has 110 valence electrons.